The van der Waals surface area contributed by atoms with Crippen LogP contribution in [0.3, 0.4) is 0 Å². The average molecular weight is 226 g/mol. The lowest BCUT2D eigenvalue weighted by Crippen LogP contribution is -2.01. The second kappa shape index (κ2) is 8.37. The van der Waals surface area contributed by atoms with Gasteiger partial charge in [0.05, 0.1) is 0 Å². The van der Waals surface area contributed by atoms with Crippen molar-refractivity contribution in [1.29, 1.82) is 0 Å². The van der Waals surface area contributed by atoms with Crippen molar-refractivity contribution in [3.8, 4) is 0 Å². The Morgan fingerprint density at radius 2 is 1.69 bits per heavy atom. The van der Waals surface area contributed by atoms with Crippen molar-refractivity contribution in [3.05, 3.63) is 12.2 Å². The molecule has 0 heterocycles. The van der Waals surface area contributed by atoms with E-state index < -0.39 is 5.97 Å². The highest BCUT2D eigenvalue weighted by Crippen LogP contribution is 2.18. The minimum absolute atomic E-state index is 0.342. The summed E-state index contributed by atoms with van der Waals surface area (Å²) < 4.78 is 0. The molecule has 0 aliphatic carbocycles. The van der Waals surface area contributed by atoms with E-state index in [1.54, 1.807) is 0 Å². The molecule has 0 aromatic heterocycles. The Balaban J connectivity index is 3.47. The smallest absolute Gasteiger partial charge is 0.330 e. The minimum Gasteiger partial charge on any atom is -0.478 e. The van der Waals surface area contributed by atoms with Gasteiger partial charge in [-0.25, -0.2) is 4.79 Å². The van der Waals surface area contributed by atoms with Crippen molar-refractivity contribution in [2.24, 2.45) is 11.8 Å². The summed E-state index contributed by atoms with van der Waals surface area (Å²) in [6.07, 6.45) is 6.55. The molecule has 16 heavy (non-hydrogen) atoms. The molecule has 0 spiro atoms. The summed E-state index contributed by atoms with van der Waals surface area (Å²) in [5, 5.41) is 8.65. The van der Waals surface area contributed by atoms with Gasteiger partial charge < -0.3 is 5.11 Å². The Hall–Kier alpha value is -0.790. The van der Waals surface area contributed by atoms with Crippen LogP contribution in [0.1, 0.15) is 59.3 Å². The molecule has 0 aromatic rings. The van der Waals surface area contributed by atoms with Crippen molar-refractivity contribution in [1.82, 2.24) is 0 Å². The first-order chi connectivity index (χ1) is 7.43. The molecule has 0 aromatic carbocycles. The van der Waals surface area contributed by atoms with Gasteiger partial charge in [0.1, 0.15) is 0 Å². The standard InChI is InChI=1S/C14H26O2/c1-11(2)7-5-8-12(3)9-6-10-13(4)14(15)16/h11-12H,4-10H2,1-3H3,(H,15,16). The van der Waals surface area contributed by atoms with Crippen LogP contribution in [0.4, 0.5) is 0 Å². The predicted molar refractivity (Wildman–Crippen MR) is 68.5 cm³/mol. The van der Waals surface area contributed by atoms with Gasteiger partial charge in [0.25, 0.3) is 0 Å². The first-order valence-corrected chi connectivity index (χ1v) is 6.34. The lowest BCUT2D eigenvalue weighted by molar-refractivity contribution is -0.132. The summed E-state index contributed by atoms with van der Waals surface area (Å²) in [6.45, 7) is 10.3. The molecule has 2 nitrogen and oxygen atoms in total. The fraction of sp³-hybridized carbons (Fsp3) is 0.786. The zero-order chi connectivity index (χ0) is 12.6. The zero-order valence-corrected chi connectivity index (χ0v) is 11.0. The van der Waals surface area contributed by atoms with E-state index in [4.69, 9.17) is 5.11 Å². The van der Waals surface area contributed by atoms with Crippen LogP contribution in [0.2, 0.25) is 0 Å². The molecule has 0 radical (unpaired) electrons. The third-order valence-corrected chi connectivity index (χ3v) is 2.96. The molecule has 0 aliphatic rings. The summed E-state index contributed by atoms with van der Waals surface area (Å²) in [6, 6.07) is 0. The van der Waals surface area contributed by atoms with Crippen LogP contribution in [0, 0.1) is 11.8 Å². The zero-order valence-electron chi connectivity index (χ0n) is 11.0. The normalized spacial score (nSPS) is 12.8. The van der Waals surface area contributed by atoms with Gasteiger partial charge in [0.2, 0.25) is 0 Å². The molecule has 0 aliphatic heterocycles. The van der Waals surface area contributed by atoms with Crippen LogP contribution in [0.15, 0.2) is 12.2 Å². The number of carboxylic acid groups (broad SMARTS) is 1. The van der Waals surface area contributed by atoms with Gasteiger partial charge in [0, 0.05) is 5.57 Å². The molecule has 1 N–H and O–H groups in total. The SMILES string of the molecule is C=C(CCCC(C)CCCC(C)C)C(=O)O. The number of carboxylic acids is 1. The molecule has 2 heteroatoms. The Morgan fingerprint density at radius 3 is 2.19 bits per heavy atom. The fourth-order valence-electron chi connectivity index (χ4n) is 1.79. The molecule has 1 unspecified atom stereocenters. The number of carbonyl (C=O) groups is 1. The van der Waals surface area contributed by atoms with Crippen molar-refractivity contribution in [3.63, 3.8) is 0 Å². The maximum absolute atomic E-state index is 10.5. The molecule has 0 saturated carbocycles. The summed E-state index contributed by atoms with van der Waals surface area (Å²) >= 11 is 0. The summed E-state index contributed by atoms with van der Waals surface area (Å²) in [5.74, 6) is 0.645. The van der Waals surface area contributed by atoms with Gasteiger partial charge in [-0.1, -0.05) is 53.0 Å². The van der Waals surface area contributed by atoms with Crippen LogP contribution in [-0.2, 0) is 4.79 Å². The van der Waals surface area contributed by atoms with E-state index >= 15 is 0 Å². The van der Waals surface area contributed by atoms with Crippen LogP contribution in [0.5, 0.6) is 0 Å². The van der Waals surface area contributed by atoms with Crippen LogP contribution >= 0.6 is 0 Å². The largest absolute Gasteiger partial charge is 0.478 e. The Morgan fingerprint density at radius 1 is 1.12 bits per heavy atom. The highest BCUT2D eigenvalue weighted by Gasteiger charge is 2.06. The van der Waals surface area contributed by atoms with Gasteiger partial charge in [-0.05, 0) is 24.7 Å². The van der Waals surface area contributed by atoms with E-state index in [9.17, 15) is 4.79 Å². The Kier molecular flexibility index (Phi) is 7.96. The van der Waals surface area contributed by atoms with E-state index in [-0.39, 0.29) is 0 Å². The van der Waals surface area contributed by atoms with E-state index in [0.717, 1.165) is 18.8 Å². The van der Waals surface area contributed by atoms with Crippen molar-refractivity contribution in [2.45, 2.75) is 59.3 Å². The summed E-state index contributed by atoms with van der Waals surface area (Å²) in [4.78, 5) is 10.5. The molecule has 0 rings (SSSR count). The second-order valence-corrected chi connectivity index (χ2v) is 5.23. The summed E-state index contributed by atoms with van der Waals surface area (Å²) in [5.41, 5.74) is 0.342. The molecule has 1 atom stereocenters. The monoisotopic (exact) mass is 226 g/mol. The van der Waals surface area contributed by atoms with Gasteiger partial charge in [-0.3, -0.25) is 0 Å². The molecule has 94 valence electrons. The Bertz CT molecular complexity index is 219. The summed E-state index contributed by atoms with van der Waals surface area (Å²) in [7, 11) is 0. The van der Waals surface area contributed by atoms with Crippen LogP contribution in [-0.4, -0.2) is 11.1 Å². The predicted octanol–water partition coefficient (Wildman–Crippen LogP) is 4.26. The van der Waals surface area contributed by atoms with Crippen LogP contribution < -0.4 is 0 Å². The number of rotatable bonds is 9. The van der Waals surface area contributed by atoms with Crippen molar-refractivity contribution >= 4 is 5.97 Å². The average Bonchev–Trinajstić information content (AvgIpc) is 2.16. The quantitative estimate of drug-likeness (QED) is 0.596. The highest BCUT2D eigenvalue weighted by molar-refractivity contribution is 5.85. The van der Waals surface area contributed by atoms with E-state index in [2.05, 4.69) is 27.4 Å². The van der Waals surface area contributed by atoms with Gasteiger partial charge in [-0.2, -0.15) is 0 Å². The van der Waals surface area contributed by atoms with Crippen molar-refractivity contribution in [2.75, 3.05) is 0 Å². The van der Waals surface area contributed by atoms with Gasteiger partial charge in [0.15, 0.2) is 0 Å². The van der Waals surface area contributed by atoms with Gasteiger partial charge in [-0.15, -0.1) is 0 Å². The maximum Gasteiger partial charge on any atom is 0.330 e. The van der Waals surface area contributed by atoms with Crippen LogP contribution in [0.25, 0.3) is 0 Å². The van der Waals surface area contributed by atoms with E-state index in [1.165, 1.54) is 19.3 Å². The molecule has 0 saturated heterocycles. The lowest BCUT2D eigenvalue weighted by Gasteiger charge is -2.12. The lowest BCUT2D eigenvalue weighted by atomic mass is 9.94. The second-order valence-electron chi connectivity index (χ2n) is 5.23. The third-order valence-electron chi connectivity index (χ3n) is 2.96. The first kappa shape index (κ1) is 15.2. The highest BCUT2D eigenvalue weighted by atomic mass is 16.4. The number of hydrogen-bond acceptors (Lipinski definition) is 1. The number of hydrogen-bond donors (Lipinski definition) is 1. The maximum atomic E-state index is 10.5. The first-order valence-electron chi connectivity index (χ1n) is 6.34. The molecule has 0 bridgehead atoms. The minimum atomic E-state index is -0.854. The topological polar surface area (TPSA) is 37.3 Å². The number of aliphatic carboxylic acids is 1. The third kappa shape index (κ3) is 8.51. The van der Waals surface area contributed by atoms with E-state index in [0.29, 0.717) is 17.9 Å². The molecular weight excluding hydrogens is 200 g/mol. The molecule has 0 fully saturated rings. The fourth-order valence-corrected chi connectivity index (χ4v) is 1.79. The molecule has 0 amide bonds. The van der Waals surface area contributed by atoms with Gasteiger partial charge >= 0.3 is 5.97 Å². The Labute approximate surface area is 99.7 Å². The molecular formula is C14H26O2. The van der Waals surface area contributed by atoms with Crippen molar-refractivity contribution < 1.29 is 9.90 Å². The van der Waals surface area contributed by atoms with E-state index in [1.807, 2.05) is 0 Å².